The molecule has 2 heterocycles. The van der Waals surface area contributed by atoms with Crippen molar-refractivity contribution in [2.24, 2.45) is 0 Å². The predicted molar refractivity (Wildman–Crippen MR) is 237 cm³/mol. The first-order chi connectivity index (χ1) is 27.8. The summed E-state index contributed by atoms with van der Waals surface area (Å²) < 4.78 is 4.80. The molecular formula is C54H36N2. The van der Waals surface area contributed by atoms with Gasteiger partial charge in [-0.1, -0.05) is 152 Å². The molecule has 0 spiro atoms. The fraction of sp³-hybridized carbons (Fsp3) is 0. The SMILES string of the molecule is c1ccc(-c2cc(-c3ccccc3)cc(-n3c4ccccc4c4cc(-c5ccc(-c6ccc7c(c6)c6ccccc6n7-c6ccccc6)cc5)ccc43)c2)cc1. The van der Waals surface area contributed by atoms with E-state index in [2.05, 4.69) is 228 Å². The molecule has 0 bridgehead atoms. The van der Waals surface area contributed by atoms with Gasteiger partial charge >= 0.3 is 0 Å². The molecule has 11 rings (SSSR count). The number of benzene rings is 9. The van der Waals surface area contributed by atoms with E-state index in [0.717, 1.165) is 5.69 Å². The normalized spacial score (nSPS) is 11.6. The minimum Gasteiger partial charge on any atom is -0.309 e. The average molecular weight is 713 g/mol. The zero-order valence-corrected chi connectivity index (χ0v) is 30.7. The summed E-state index contributed by atoms with van der Waals surface area (Å²) in [6.07, 6.45) is 0. The van der Waals surface area contributed by atoms with Crippen molar-refractivity contribution >= 4 is 43.6 Å². The molecule has 0 atom stereocenters. The maximum Gasteiger partial charge on any atom is 0.0541 e. The molecule has 0 aliphatic rings. The van der Waals surface area contributed by atoms with Crippen molar-refractivity contribution in [1.82, 2.24) is 9.13 Å². The van der Waals surface area contributed by atoms with E-state index < -0.39 is 0 Å². The molecule has 262 valence electrons. The van der Waals surface area contributed by atoms with Gasteiger partial charge in [0.1, 0.15) is 0 Å². The summed E-state index contributed by atoms with van der Waals surface area (Å²) in [4.78, 5) is 0. The molecule has 0 saturated heterocycles. The van der Waals surface area contributed by atoms with E-state index in [1.54, 1.807) is 0 Å². The van der Waals surface area contributed by atoms with Crippen LogP contribution in [0.1, 0.15) is 0 Å². The maximum atomic E-state index is 2.43. The summed E-state index contributed by atoms with van der Waals surface area (Å²) in [6.45, 7) is 0. The van der Waals surface area contributed by atoms with Crippen molar-refractivity contribution in [1.29, 1.82) is 0 Å². The minimum atomic E-state index is 1.15. The number of rotatable bonds is 6. The Labute approximate surface area is 325 Å². The van der Waals surface area contributed by atoms with E-state index in [-0.39, 0.29) is 0 Å². The van der Waals surface area contributed by atoms with Crippen LogP contribution < -0.4 is 0 Å². The highest BCUT2D eigenvalue weighted by Gasteiger charge is 2.17. The summed E-state index contributed by atoms with van der Waals surface area (Å²) in [6, 6.07) is 79.4. The molecule has 0 amide bonds. The molecule has 9 aromatic carbocycles. The van der Waals surface area contributed by atoms with Gasteiger partial charge in [0.25, 0.3) is 0 Å². The highest BCUT2D eigenvalue weighted by atomic mass is 15.0. The van der Waals surface area contributed by atoms with Gasteiger partial charge in [-0.05, 0) is 111 Å². The van der Waals surface area contributed by atoms with Gasteiger partial charge in [-0.25, -0.2) is 0 Å². The minimum absolute atomic E-state index is 1.15. The van der Waals surface area contributed by atoms with Crippen molar-refractivity contribution in [2.75, 3.05) is 0 Å². The van der Waals surface area contributed by atoms with Gasteiger partial charge < -0.3 is 9.13 Å². The van der Waals surface area contributed by atoms with E-state index in [1.807, 2.05) is 0 Å². The van der Waals surface area contributed by atoms with Gasteiger partial charge in [0, 0.05) is 32.9 Å². The summed E-state index contributed by atoms with van der Waals surface area (Å²) in [5, 5.41) is 5.02. The van der Waals surface area contributed by atoms with Gasteiger partial charge in [-0.15, -0.1) is 0 Å². The van der Waals surface area contributed by atoms with Gasteiger partial charge in [-0.2, -0.15) is 0 Å². The average Bonchev–Trinajstić information content (AvgIpc) is 3.79. The van der Waals surface area contributed by atoms with E-state index in [1.165, 1.54) is 93.8 Å². The van der Waals surface area contributed by atoms with Crippen LogP contribution in [0.3, 0.4) is 0 Å². The molecule has 11 aromatic rings. The Bertz CT molecular complexity index is 3150. The smallest absolute Gasteiger partial charge is 0.0541 e. The first-order valence-corrected chi connectivity index (χ1v) is 19.3. The van der Waals surface area contributed by atoms with Gasteiger partial charge in [0.2, 0.25) is 0 Å². The third-order valence-corrected chi connectivity index (χ3v) is 11.3. The van der Waals surface area contributed by atoms with Crippen molar-refractivity contribution in [2.45, 2.75) is 0 Å². The van der Waals surface area contributed by atoms with Crippen LogP contribution in [0.4, 0.5) is 0 Å². The van der Waals surface area contributed by atoms with Gasteiger partial charge in [0.15, 0.2) is 0 Å². The maximum absolute atomic E-state index is 2.43. The monoisotopic (exact) mass is 712 g/mol. The Morgan fingerprint density at radius 1 is 0.196 bits per heavy atom. The van der Waals surface area contributed by atoms with Crippen LogP contribution in [0.25, 0.3) is 99.5 Å². The second-order valence-electron chi connectivity index (χ2n) is 14.6. The summed E-state index contributed by atoms with van der Waals surface area (Å²) >= 11 is 0. The Hall–Kier alpha value is -7.42. The zero-order valence-electron chi connectivity index (χ0n) is 30.7. The lowest BCUT2D eigenvalue weighted by Gasteiger charge is -2.14. The molecular weight excluding hydrogens is 677 g/mol. The third kappa shape index (κ3) is 5.34. The molecule has 0 aliphatic carbocycles. The number of fused-ring (bicyclic) bond motifs is 6. The van der Waals surface area contributed by atoms with Crippen molar-refractivity contribution in [3.63, 3.8) is 0 Å². The van der Waals surface area contributed by atoms with Crippen LogP contribution in [0.2, 0.25) is 0 Å². The van der Waals surface area contributed by atoms with Gasteiger partial charge in [-0.3, -0.25) is 0 Å². The lowest BCUT2D eigenvalue weighted by atomic mass is 9.97. The predicted octanol–water partition coefficient (Wildman–Crippen LogP) is 14.5. The molecule has 0 aliphatic heterocycles. The molecule has 2 nitrogen and oxygen atoms in total. The number of para-hydroxylation sites is 3. The number of nitrogens with zero attached hydrogens (tertiary/aromatic N) is 2. The number of aromatic nitrogens is 2. The number of hydrogen-bond donors (Lipinski definition) is 0. The molecule has 0 saturated carbocycles. The lowest BCUT2D eigenvalue weighted by Crippen LogP contribution is -1.96. The summed E-state index contributed by atoms with van der Waals surface area (Å²) in [5.41, 5.74) is 16.8. The Kier molecular flexibility index (Phi) is 7.53. The van der Waals surface area contributed by atoms with E-state index in [9.17, 15) is 0 Å². The van der Waals surface area contributed by atoms with Crippen molar-refractivity contribution in [3.05, 3.63) is 218 Å². The number of hydrogen-bond acceptors (Lipinski definition) is 0. The van der Waals surface area contributed by atoms with E-state index in [4.69, 9.17) is 0 Å². The summed E-state index contributed by atoms with van der Waals surface area (Å²) in [5.74, 6) is 0. The van der Waals surface area contributed by atoms with Crippen LogP contribution in [0, 0.1) is 0 Å². The largest absolute Gasteiger partial charge is 0.309 e. The summed E-state index contributed by atoms with van der Waals surface area (Å²) in [7, 11) is 0. The van der Waals surface area contributed by atoms with Crippen LogP contribution in [0.5, 0.6) is 0 Å². The Morgan fingerprint density at radius 2 is 0.554 bits per heavy atom. The Balaban J connectivity index is 1.000. The first-order valence-electron chi connectivity index (χ1n) is 19.3. The fourth-order valence-electron chi connectivity index (χ4n) is 8.63. The zero-order chi connectivity index (χ0) is 37.0. The van der Waals surface area contributed by atoms with Crippen LogP contribution in [0.15, 0.2) is 218 Å². The van der Waals surface area contributed by atoms with Crippen molar-refractivity contribution < 1.29 is 0 Å². The highest BCUT2D eigenvalue weighted by Crippen LogP contribution is 2.39. The molecule has 0 N–H and O–H groups in total. The van der Waals surface area contributed by atoms with E-state index >= 15 is 0 Å². The van der Waals surface area contributed by atoms with E-state index in [0.29, 0.717) is 0 Å². The van der Waals surface area contributed by atoms with Crippen LogP contribution in [-0.2, 0) is 0 Å². The molecule has 0 unspecified atom stereocenters. The quantitative estimate of drug-likeness (QED) is 0.162. The first kappa shape index (κ1) is 32.0. The topological polar surface area (TPSA) is 9.86 Å². The third-order valence-electron chi connectivity index (χ3n) is 11.3. The van der Waals surface area contributed by atoms with Crippen LogP contribution in [-0.4, -0.2) is 9.13 Å². The molecule has 2 aromatic heterocycles. The molecule has 56 heavy (non-hydrogen) atoms. The lowest BCUT2D eigenvalue weighted by molar-refractivity contribution is 1.18. The molecule has 0 radical (unpaired) electrons. The highest BCUT2D eigenvalue weighted by molar-refractivity contribution is 6.12. The fourth-order valence-corrected chi connectivity index (χ4v) is 8.63. The molecule has 0 fully saturated rings. The second-order valence-corrected chi connectivity index (χ2v) is 14.6. The van der Waals surface area contributed by atoms with Crippen LogP contribution >= 0.6 is 0 Å². The Morgan fingerprint density at radius 3 is 1.04 bits per heavy atom. The molecule has 2 heteroatoms. The standard InChI is InChI=1S/C54H36N2/c1-4-14-37(15-5-1)43-32-44(38-16-6-2-7-17-38)34-46(33-43)56-52-23-13-11-21-48(52)50-36-42(29-31-54(50)56)40-26-24-39(25-27-40)41-28-30-53-49(35-41)47-20-10-12-22-51(47)55(53)45-18-8-3-9-19-45/h1-36H. The second kappa shape index (κ2) is 13.2. The van der Waals surface area contributed by atoms with Gasteiger partial charge in [0.05, 0.1) is 22.1 Å². The van der Waals surface area contributed by atoms with Crippen molar-refractivity contribution in [3.8, 4) is 55.9 Å².